The molecule has 0 unspecified atom stereocenters. The molecule has 0 aromatic heterocycles. The summed E-state index contributed by atoms with van der Waals surface area (Å²) in [6, 6.07) is 7.55. The molecule has 0 bridgehead atoms. The van der Waals surface area contributed by atoms with Crippen molar-refractivity contribution in [2.45, 2.75) is 39.0 Å². The zero-order valence-corrected chi connectivity index (χ0v) is 14.9. The Morgan fingerprint density at radius 1 is 1.16 bits per heavy atom. The minimum absolute atomic E-state index is 0.0249. The maximum Gasteiger partial charge on any atom is 0.330 e. The largest absolute Gasteiger partial charge is 0.463 e. The van der Waals surface area contributed by atoms with Crippen molar-refractivity contribution in [1.29, 1.82) is 0 Å². The van der Waals surface area contributed by atoms with E-state index in [1.165, 1.54) is 38.2 Å². The van der Waals surface area contributed by atoms with E-state index in [1.54, 1.807) is 13.0 Å². The second kappa shape index (κ2) is 10.5. The molecule has 0 aliphatic heterocycles. The number of hydrogen-bond acceptors (Lipinski definition) is 4. The van der Waals surface area contributed by atoms with E-state index >= 15 is 0 Å². The van der Waals surface area contributed by atoms with Crippen LogP contribution < -0.4 is 10.6 Å². The van der Waals surface area contributed by atoms with E-state index in [1.807, 2.05) is 24.3 Å². The number of anilines is 1. The van der Waals surface area contributed by atoms with Crippen molar-refractivity contribution in [3.8, 4) is 0 Å². The summed E-state index contributed by atoms with van der Waals surface area (Å²) in [6.07, 6.45) is 9.48. The van der Waals surface area contributed by atoms with Gasteiger partial charge in [0.2, 0.25) is 5.91 Å². The Kier molecular flexibility index (Phi) is 8.02. The standard InChI is InChI=1S/C20H28N2O3/c1-2-25-20(24)13-10-16-8-11-18(12-9-16)21-15-19(23)22-14-17-6-4-3-5-7-17/h8-13,17,21H,2-7,14-15H2,1H3,(H,22,23)/b13-10+. The monoisotopic (exact) mass is 344 g/mol. The molecule has 1 fully saturated rings. The summed E-state index contributed by atoms with van der Waals surface area (Å²) in [5.74, 6) is 0.319. The second-order valence-corrected chi connectivity index (χ2v) is 6.37. The molecule has 0 atom stereocenters. The second-order valence-electron chi connectivity index (χ2n) is 6.37. The summed E-state index contributed by atoms with van der Waals surface area (Å²) in [7, 11) is 0. The van der Waals surface area contributed by atoms with Crippen LogP contribution in [0.15, 0.2) is 30.3 Å². The molecule has 1 aliphatic rings. The molecular weight excluding hydrogens is 316 g/mol. The summed E-state index contributed by atoms with van der Waals surface area (Å²) in [5, 5.41) is 6.13. The third kappa shape index (κ3) is 7.42. The number of rotatable bonds is 8. The molecule has 1 saturated carbocycles. The first-order chi connectivity index (χ1) is 12.2. The van der Waals surface area contributed by atoms with Crippen molar-refractivity contribution >= 4 is 23.6 Å². The van der Waals surface area contributed by atoms with Gasteiger partial charge in [-0.15, -0.1) is 0 Å². The molecule has 0 spiro atoms. The fourth-order valence-electron chi connectivity index (χ4n) is 2.96. The van der Waals surface area contributed by atoms with Crippen molar-refractivity contribution in [1.82, 2.24) is 5.32 Å². The van der Waals surface area contributed by atoms with Gasteiger partial charge in [0.1, 0.15) is 0 Å². The highest BCUT2D eigenvalue weighted by Gasteiger charge is 2.13. The maximum atomic E-state index is 11.9. The zero-order valence-electron chi connectivity index (χ0n) is 14.9. The number of ether oxygens (including phenoxy) is 1. The summed E-state index contributed by atoms with van der Waals surface area (Å²) in [6.45, 7) is 3.20. The number of carbonyl (C=O) groups excluding carboxylic acids is 2. The van der Waals surface area contributed by atoms with Crippen LogP contribution >= 0.6 is 0 Å². The Balaban J connectivity index is 1.69. The van der Waals surface area contributed by atoms with Crippen LogP contribution in [0.1, 0.15) is 44.6 Å². The van der Waals surface area contributed by atoms with Gasteiger partial charge in [-0.3, -0.25) is 4.79 Å². The van der Waals surface area contributed by atoms with E-state index in [-0.39, 0.29) is 18.4 Å². The van der Waals surface area contributed by atoms with Crippen molar-refractivity contribution in [2.24, 2.45) is 5.92 Å². The minimum Gasteiger partial charge on any atom is -0.463 e. The molecule has 1 aromatic carbocycles. The normalized spacial score (nSPS) is 15.1. The highest BCUT2D eigenvalue weighted by molar-refractivity contribution is 5.87. The zero-order chi connectivity index (χ0) is 17.9. The van der Waals surface area contributed by atoms with Gasteiger partial charge in [0.15, 0.2) is 0 Å². The van der Waals surface area contributed by atoms with Crippen LogP contribution in [0.5, 0.6) is 0 Å². The molecule has 0 radical (unpaired) electrons. The summed E-state index contributed by atoms with van der Waals surface area (Å²) in [5.41, 5.74) is 1.78. The number of nitrogens with one attached hydrogen (secondary N) is 2. The highest BCUT2D eigenvalue weighted by atomic mass is 16.5. The molecule has 1 aliphatic carbocycles. The number of amides is 1. The Morgan fingerprint density at radius 2 is 1.88 bits per heavy atom. The lowest BCUT2D eigenvalue weighted by molar-refractivity contribution is -0.137. The molecule has 0 heterocycles. The summed E-state index contributed by atoms with van der Waals surface area (Å²) < 4.78 is 4.84. The van der Waals surface area contributed by atoms with Crippen LogP contribution in [0.3, 0.4) is 0 Å². The molecule has 2 rings (SSSR count). The van der Waals surface area contributed by atoms with Gasteiger partial charge >= 0.3 is 5.97 Å². The van der Waals surface area contributed by atoms with Gasteiger partial charge in [0.25, 0.3) is 0 Å². The topological polar surface area (TPSA) is 67.4 Å². The van der Waals surface area contributed by atoms with Crippen LogP contribution in [-0.4, -0.2) is 31.6 Å². The average Bonchev–Trinajstić information content (AvgIpc) is 2.65. The molecule has 0 saturated heterocycles. The molecule has 136 valence electrons. The Labute approximate surface area is 149 Å². The van der Waals surface area contributed by atoms with Crippen LogP contribution in [0.25, 0.3) is 6.08 Å². The predicted octanol–water partition coefficient (Wildman–Crippen LogP) is 3.37. The number of carbonyl (C=O) groups is 2. The number of hydrogen-bond donors (Lipinski definition) is 2. The summed E-state index contributed by atoms with van der Waals surface area (Å²) in [4.78, 5) is 23.2. The van der Waals surface area contributed by atoms with E-state index in [0.717, 1.165) is 17.8 Å². The Hall–Kier alpha value is -2.30. The van der Waals surface area contributed by atoms with E-state index in [0.29, 0.717) is 12.5 Å². The quantitative estimate of drug-likeness (QED) is 0.560. The lowest BCUT2D eigenvalue weighted by Gasteiger charge is -2.21. The molecule has 1 aromatic rings. The number of esters is 1. The van der Waals surface area contributed by atoms with E-state index < -0.39 is 0 Å². The van der Waals surface area contributed by atoms with Crippen molar-refractivity contribution in [3.63, 3.8) is 0 Å². The van der Waals surface area contributed by atoms with Gasteiger partial charge in [0, 0.05) is 18.3 Å². The first-order valence-corrected chi connectivity index (χ1v) is 9.13. The van der Waals surface area contributed by atoms with Crippen LogP contribution in [0.4, 0.5) is 5.69 Å². The van der Waals surface area contributed by atoms with Crippen LogP contribution in [-0.2, 0) is 14.3 Å². The van der Waals surface area contributed by atoms with E-state index in [4.69, 9.17) is 4.74 Å². The molecular formula is C20H28N2O3. The predicted molar refractivity (Wildman–Crippen MR) is 100 cm³/mol. The van der Waals surface area contributed by atoms with Gasteiger partial charge < -0.3 is 15.4 Å². The van der Waals surface area contributed by atoms with Crippen molar-refractivity contribution < 1.29 is 14.3 Å². The van der Waals surface area contributed by atoms with Gasteiger partial charge in [0.05, 0.1) is 13.2 Å². The highest BCUT2D eigenvalue weighted by Crippen LogP contribution is 2.22. The third-order valence-electron chi connectivity index (χ3n) is 4.37. The summed E-state index contributed by atoms with van der Waals surface area (Å²) >= 11 is 0. The molecule has 5 heteroatoms. The lowest BCUT2D eigenvalue weighted by Crippen LogP contribution is -2.34. The van der Waals surface area contributed by atoms with E-state index in [9.17, 15) is 9.59 Å². The number of benzene rings is 1. The fraction of sp³-hybridized carbons (Fsp3) is 0.500. The molecule has 1 amide bonds. The SMILES string of the molecule is CCOC(=O)/C=C/c1ccc(NCC(=O)NCC2CCCCC2)cc1. The Bertz CT molecular complexity index is 575. The van der Waals surface area contributed by atoms with Gasteiger partial charge in [-0.1, -0.05) is 31.4 Å². The fourth-order valence-corrected chi connectivity index (χ4v) is 2.96. The average molecular weight is 344 g/mol. The van der Waals surface area contributed by atoms with Crippen molar-refractivity contribution in [2.75, 3.05) is 25.0 Å². The van der Waals surface area contributed by atoms with Crippen LogP contribution in [0.2, 0.25) is 0 Å². The third-order valence-corrected chi connectivity index (χ3v) is 4.37. The molecule has 5 nitrogen and oxygen atoms in total. The first-order valence-electron chi connectivity index (χ1n) is 9.13. The van der Waals surface area contributed by atoms with Gasteiger partial charge in [-0.2, -0.15) is 0 Å². The van der Waals surface area contributed by atoms with Gasteiger partial charge in [-0.25, -0.2) is 4.79 Å². The van der Waals surface area contributed by atoms with Crippen LogP contribution in [0, 0.1) is 5.92 Å². The lowest BCUT2D eigenvalue weighted by atomic mass is 9.89. The van der Waals surface area contributed by atoms with Gasteiger partial charge in [-0.05, 0) is 49.5 Å². The molecule has 2 N–H and O–H groups in total. The maximum absolute atomic E-state index is 11.9. The Morgan fingerprint density at radius 3 is 2.56 bits per heavy atom. The minimum atomic E-state index is -0.348. The van der Waals surface area contributed by atoms with Crippen molar-refractivity contribution in [3.05, 3.63) is 35.9 Å². The van der Waals surface area contributed by atoms with E-state index in [2.05, 4.69) is 10.6 Å². The first kappa shape index (κ1) is 19.0. The smallest absolute Gasteiger partial charge is 0.330 e. The molecule has 25 heavy (non-hydrogen) atoms.